The number of ether oxygens (including phenoxy) is 1. The highest BCUT2D eigenvalue weighted by atomic mass is 16.5. The van der Waals surface area contributed by atoms with Gasteiger partial charge in [-0.1, -0.05) is 18.2 Å². The molecule has 0 fully saturated rings. The Morgan fingerprint density at radius 3 is 2.82 bits per heavy atom. The molecule has 0 unspecified atom stereocenters. The first kappa shape index (κ1) is 13.9. The van der Waals surface area contributed by atoms with Crippen molar-refractivity contribution in [2.24, 2.45) is 0 Å². The Balaban J connectivity index is 1.97. The van der Waals surface area contributed by atoms with Crippen molar-refractivity contribution in [3.8, 4) is 11.5 Å². The molecule has 1 aromatic heterocycles. The van der Waals surface area contributed by atoms with E-state index in [0.717, 1.165) is 5.56 Å². The van der Waals surface area contributed by atoms with Crippen LogP contribution in [0.15, 0.2) is 51.7 Å². The van der Waals surface area contributed by atoms with Crippen molar-refractivity contribution in [1.29, 1.82) is 0 Å². The van der Waals surface area contributed by atoms with E-state index in [4.69, 9.17) is 9.15 Å². The second-order valence-corrected chi connectivity index (χ2v) is 4.62. The van der Waals surface area contributed by atoms with Crippen LogP contribution in [0.2, 0.25) is 0 Å². The number of aromatic nitrogens is 1. The van der Waals surface area contributed by atoms with Gasteiger partial charge in [0.2, 0.25) is 5.89 Å². The molecule has 0 bridgehead atoms. The summed E-state index contributed by atoms with van der Waals surface area (Å²) in [5, 5.41) is 10.0. The number of phenolic OH excluding ortho intramolecular Hbond substituents is 1. The summed E-state index contributed by atoms with van der Waals surface area (Å²) in [6.45, 7) is 0. The third kappa shape index (κ3) is 2.69. The van der Waals surface area contributed by atoms with Gasteiger partial charge in [-0.15, -0.1) is 0 Å². The van der Waals surface area contributed by atoms with Crippen LogP contribution < -0.4 is 10.3 Å². The molecule has 0 atom stereocenters. The van der Waals surface area contributed by atoms with Gasteiger partial charge >= 0.3 is 0 Å². The molecule has 0 amide bonds. The van der Waals surface area contributed by atoms with Crippen LogP contribution in [0.1, 0.15) is 11.5 Å². The molecule has 0 saturated carbocycles. The molecule has 1 N–H and O–H groups in total. The van der Waals surface area contributed by atoms with E-state index in [1.54, 1.807) is 48.6 Å². The van der Waals surface area contributed by atoms with Crippen molar-refractivity contribution in [1.82, 2.24) is 4.98 Å². The number of hydrogen-bond acceptors (Lipinski definition) is 5. The molecule has 0 saturated heterocycles. The standard InChI is InChI=1S/C17H13NO4/c1-21-15-10-11(6-8-13(15)19)7-9-16-18-17(20)12-4-2-3-5-14(12)22-16/h2-10,19H,1H3/b9-7-. The summed E-state index contributed by atoms with van der Waals surface area (Å²) in [5.74, 6) is 0.654. The summed E-state index contributed by atoms with van der Waals surface area (Å²) >= 11 is 0. The number of rotatable bonds is 3. The van der Waals surface area contributed by atoms with Gasteiger partial charge in [0, 0.05) is 6.08 Å². The minimum absolute atomic E-state index is 0.0648. The Kier molecular flexibility index (Phi) is 3.62. The fraction of sp³-hybridized carbons (Fsp3) is 0.0588. The monoisotopic (exact) mass is 295 g/mol. The predicted molar refractivity (Wildman–Crippen MR) is 83.9 cm³/mol. The summed E-state index contributed by atoms with van der Waals surface area (Å²) in [6.07, 6.45) is 3.32. The molecule has 22 heavy (non-hydrogen) atoms. The van der Waals surface area contributed by atoms with Crippen LogP contribution in [0.25, 0.3) is 23.1 Å². The molecular weight excluding hydrogens is 282 g/mol. The molecule has 3 aromatic rings. The first-order chi connectivity index (χ1) is 10.7. The lowest BCUT2D eigenvalue weighted by atomic mass is 10.2. The summed E-state index contributed by atoms with van der Waals surface area (Å²) in [5.41, 5.74) is 0.947. The average Bonchev–Trinajstić information content (AvgIpc) is 2.54. The number of nitrogens with zero attached hydrogens (tertiary/aromatic N) is 1. The minimum atomic E-state index is -0.329. The number of fused-ring (bicyclic) bond motifs is 1. The lowest BCUT2D eigenvalue weighted by Crippen LogP contribution is -2.06. The van der Waals surface area contributed by atoms with Crippen LogP contribution in [0.4, 0.5) is 0 Å². The lowest BCUT2D eigenvalue weighted by molar-refractivity contribution is 0.373. The van der Waals surface area contributed by atoms with E-state index < -0.39 is 0 Å². The molecule has 1 heterocycles. The zero-order valence-electron chi connectivity index (χ0n) is 11.8. The fourth-order valence-corrected chi connectivity index (χ4v) is 2.06. The van der Waals surface area contributed by atoms with Gasteiger partial charge in [-0.25, -0.2) is 0 Å². The lowest BCUT2D eigenvalue weighted by Gasteiger charge is -2.03. The molecule has 0 aliphatic rings. The highest BCUT2D eigenvalue weighted by Crippen LogP contribution is 2.27. The Hall–Kier alpha value is -3.08. The van der Waals surface area contributed by atoms with Crippen molar-refractivity contribution in [2.75, 3.05) is 7.11 Å². The minimum Gasteiger partial charge on any atom is -0.504 e. The van der Waals surface area contributed by atoms with Crippen molar-refractivity contribution in [2.45, 2.75) is 0 Å². The Labute approximate surface area is 126 Å². The largest absolute Gasteiger partial charge is 0.504 e. The molecular formula is C17H13NO4. The second kappa shape index (κ2) is 5.73. The molecule has 5 heteroatoms. The Morgan fingerprint density at radius 1 is 1.18 bits per heavy atom. The summed E-state index contributed by atoms with van der Waals surface area (Å²) in [4.78, 5) is 15.8. The molecule has 110 valence electrons. The van der Waals surface area contributed by atoms with E-state index in [0.29, 0.717) is 16.7 Å². The van der Waals surface area contributed by atoms with E-state index in [-0.39, 0.29) is 17.2 Å². The van der Waals surface area contributed by atoms with Crippen molar-refractivity contribution in [3.63, 3.8) is 0 Å². The third-order valence-corrected chi connectivity index (χ3v) is 3.17. The zero-order chi connectivity index (χ0) is 15.5. The molecule has 5 nitrogen and oxygen atoms in total. The van der Waals surface area contributed by atoms with E-state index in [9.17, 15) is 9.90 Å². The Morgan fingerprint density at radius 2 is 2.00 bits per heavy atom. The maximum atomic E-state index is 11.9. The van der Waals surface area contributed by atoms with E-state index >= 15 is 0 Å². The van der Waals surface area contributed by atoms with Gasteiger partial charge in [-0.2, -0.15) is 4.98 Å². The van der Waals surface area contributed by atoms with Crippen LogP contribution in [0, 0.1) is 0 Å². The van der Waals surface area contributed by atoms with Crippen LogP contribution in [0.3, 0.4) is 0 Å². The number of aromatic hydroxyl groups is 1. The summed E-state index contributed by atoms with van der Waals surface area (Å²) in [6, 6.07) is 11.9. The number of phenols is 1. The number of hydrogen-bond donors (Lipinski definition) is 1. The normalized spacial score (nSPS) is 11.1. The predicted octanol–water partition coefficient (Wildman–Crippen LogP) is 3.07. The van der Waals surface area contributed by atoms with E-state index in [2.05, 4.69) is 4.98 Å². The quantitative estimate of drug-likeness (QED) is 0.804. The maximum absolute atomic E-state index is 11.9. The molecule has 3 rings (SSSR count). The summed E-state index contributed by atoms with van der Waals surface area (Å²) < 4.78 is 10.6. The summed E-state index contributed by atoms with van der Waals surface area (Å²) in [7, 11) is 1.48. The van der Waals surface area contributed by atoms with Crippen molar-refractivity contribution < 1.29 is 14.3 Å². The van der Waals surface area contributed by atoms with Crippen LogP contribution in [-0.4, -0.2) is 17.2 Å². The van der Waals surface area contributed by atoms with Crippen LogP contribution in [0.5, 0.6) is 11.5 Å². The molecule has 0 spiro atoms. The topological polar surface area (TPSA) is 72.6 Å². The van der Waals surface area contributed by atoms with Crippen molar-refractivity contribution in [3.05, 3.63) is 64.3 Å². The molecule has 0 aliphatic heterocycles. The van der Waals surface area contributed by atoms with E-state index in [1.807, 2.05) is 0 Å². The van der Waals surface area contributed by atoms with Gasteiger partial charge < -0.3 is 14.3 Å². The zero-order valence-corrected chi connectivity index (χ0v) is 11.8. The fourth-order valence-electron chi connectivity index (χ4n) is 2.06. The molecule has 0 radical (unpaired) electrons. The van der Waals surface area contributed by atoms with Crippen molar-refractivity contribution >= 4 is 23.1 Å². The van der Waals surface area contributed by atoms with Gasteiger partial charge in [-0.05, 0) is 35.9 Å². The van der Waals surface area contributed by atoms with Gasteiger partial charge in [0.05, 0.1) is 12.5 Å². The first-order valence-electron chi connectivity index (χ1n) is 6.62. The number of benzene rings is 2. The van der Waals surface area contributed by atoms with Gasteiger partial charge in [0.25, 0.3) is 5.56 Å². The van der Waals surface area contributed by atoms with Crippen LogP contribution >= 0.6 is 0 Å². The van der Waals surface area contributed by atoms with Crippen LogP contribution in [-0.2, 0) is 0 Å². The molecule has 2 aromatic carbocycles. The van der Waals surface area contributed by atoms with E-state index in [1.165, 1.54) is 13.2 Å². The van der Waals surface area contributed by atoms with Gasteiger partial charge in [0.1, 0.15) is 5.58 Å². The SMILES string of the molecule is COc1cc(/C=C\c2nc(=O)c3ccccc3o2)ccc1O. The second-order valence-electron chi connectivity index (χ2n) is 4.62. The molecule has 0 aliphatic carbocycles. The van der Waals surface area contributed by atoms with Gasteiger partial charge in [-0.3, -0.25) is 4.79 Å². The third-order valence-electron chi connectivity index (χ3n) is 3.17. The Bertz CT molecular complexity index is 912. The maximum Gasteiger partial charge on any atom is 0.284 e. The number of methoxy groups -OCH3 is 1. The highest BCUT2D eigenvalue weighted by Gasteiger charge is 2.04. The first-order valence-corrected chi connectivity index (χ1v) is 6.62. The van der Waals surface area contributed by atoms with Gasteiger partial charge in [0.15, 0.2) is 11.5 Å². The smallest absolute Gasteiger partial charge is 0.284 e. The highest BCUT2D eigenvalue weighted by molar-refractivity contribution is 5.76. The average molecular weight is 295 g/mol. The number of para-hydroxylation sites is 1.